The Balaban J connectivity index is 2.51. The van der Waals surface area contributed by atoms with Crippen LogP contribution in [0.3, 0.4) is 0 Å². The molecule has 0 unspecified atom stereocenters. The third-order valence-corrected chi connectivity index (χ3v) is 5.61. The lowest BCUT2D eigenvalue weighted by atomic mass is 10.5. The van der Waals surface area contributed by atoms with E-state index in [1.54, 1.807) is 6.07 Å². The van der Waals surface area contributed by atoms with E-state index in [1.165, 1.54) is 6.07 Å². The highest BCUT2D eigenvalue weighted by Gasteiger charge is 2.15. The molecule has 0 aromatic carbocycles. The standard InChI is InChI=1S/C10H17ClN2O2S2/c1-3-13(4-2)8-7-12-17(14,15)10-6-5-9(11)16-10/h5-6,12H,3-4,7-8H2,1-2H3. The quantitative estimate of drug-likeness (QED) is 0.837. The maximum Gasteiger partial charge on any atom is 0.250 e. The Bertz CT molecular complexity index is 441. The third-order valence-electron chi connectivity index (χ3n) is 2.43. The summed E-state index contributed by atoms with van der Waals surface area (Å²) in [6.07, 6.45) is 0. The summed E-state index contributed by atoms with van der Waals surface area (Å²) in [5, 5.41) is 0. The maximum atomic E-state index is 11.8. The van der Waals surface area contributed by atoms with Crippen LogP contribution in [0, 0.1) is 0 Å². The fraction of sp³-hybridized carbons (Fsp3) is 0.600. The molecule has 1 rings (SSSR count). The summed E-state index contributed by atoms with van der Waals surface area (Å²) >= 11 is 6.78. The van der Waals surface area contributed by atoms with Crippen molar-refractivity contribution in [1.29, 1.82) is 0 Å². The molecule has 7 heteroatoms. The zero-order chi connectivity index (χ0) is 12.9. The van der Waals surface area contributed by atoms with Gasteiger partial charge >= 0.3 is 0 Å². The monoisotopic (exact) mass is 296 g/mol. The smallest absolute Gasteiger partial charge is 0.250 e. The summed E-state index contributed by atoms with van der Waals surface area (Å²) in [6, 6.07) is 3.11. The first-order valence-electron chi connectivity index (χ1n) is 5.47. The molecule has 0 radical (unpaired) electrons. The molecule has 0 aliphatic heterocycles. The molecule has 0 atom stereocenters. The summed E-state index contributed by atoms with van der Waals surface area (Å²) in [6.45, 7) is 7.07. The zero-order valence-electron chi connectivity index (χ0n) is 9.94. The predicted molar refractivity (Wildman–Crippen MR) is 72.3 cm³/mol. The van der Waals surface area contributed by atoms with Gasteiger partial charge in [0, 0.05) is 13.1 Å². The molecule has 0 fully saturated rings. The highest BCUT2D eigenvalue weighted by molar-refractivity contribution is 7.91. The summed E-state index contributed by atoms with van der Waals surface area (Å²) in [5.74, 6) is 0. The average Bonchev–Trinajstić information content (AvgIpc) is 2.72. The molecule has 0 saturated carbocycles. The molecule has 0 amide bonds. The van der Waals surface area contributed by atoms with Crippen molar-refractivity contribution in [3.63, 3.8) is 0 Å². The summed E-state index contributed by atoms with van der Waals surface area (Å²) in [4.78, 5) is 2.16. The topological polar surface area (TPSA) is 49.4 Å². The van der Waals surface area contributed by atoms with Crippen molar-refractivity contribution in [2.45, 2.75) is 18.1 Å². The molecule has 1 heterocycles. The van der Waals surface area contributed by atoms with Gasteiger partial charge in [0.2, 0.25) is 10.0 Å². The Kier molecular flexibility index (Phi) is 5.88. The second-order valence-corrected chi connectivity index (χ2v) is 7.19. The van der Waals surface area contributed by atoms with Crippen LogP contribution in [0.4, 0.5) is 0 Å². The van der Waals surface area contributed by atoms with Crippen LogP contribution in [0.2, 0.25) is 4.34 Å². The van der Waals surface area contributed by atoms with E-state index >= 15 is 0 Å². The number of halogens is 1. The van der Waals surface area contributed by atoms with E-state index in [-0.39, 0.29) is 4.21 Å². The van der Waals surface area contributed by atoms with Gasteiger partial charge in [-0.15, -0.1) is 11.3 Å². The number of nitrogens with one attached hydrogen (secondary N) is 1. The van der Waals surface area contributed by atoms with Gasteiger partial charge in [0.1, 0.15) is 4.21 Å². The van der Waals surface area contributed by atoms with Gasteiger partial charge < -0.3 is 4.90 Å². The van der Waals surface area contributed by atoms with Crippen molar-refractivity contribution in [3.8, 4) is 0 Å². The molecule has 98 valence electrons. The van der Waals surface area contributed by atoms with Crippen molar-refractivity contribution in [2.75, 3.05) is 26.2 Å². The van der Waals surface area contributed by atoms with Crippen LogP contribution in [0.1, 0.15) is 13.8 Å². The van der Waals surface area contributed by atoms with Gasteiger partial charge in [-0.2, -0.15) is 0 Å². The minimum Gasteiger partial charge on any atom is -0.303 e. The number of sulfonamides is 1. The largest absolute Gasteiger partial charge is 0.303 e. The molecule has 0 aliphatic carbocycles. The summed E-state index contributed by atoms with van der Waals surface area (Å²) in [7, 11) is -3.39. The molecule has 17 heavy (non-hydrogen) atoms. The van der Waals surface area contributed by atoms with Crippen LogP contribution in [-0.2, 0) is 10.0 Å². The third kappa shape index (κ3) is 4.56. The Labute approximate surface area is 112 Å². The van der Waals surface area contributed by atoms with Gasteiger partial charge in [-0.05, 0) is 25.2 Å². The van der Waals surface area contributed by atoms with Gasteiger partial charge in [0.05, 0.1) is 4.34 Å². The molecule has 0 aliphatic rings. The van der Waals surface area contributed by atoms with Crippen molar-refractivity contribution in [2.24, 2.45) is 0 Å². The second-order valence-electron chi connectivity index (χ2n) is 3.48. The minimum absolute atomic E-state index is 0.266. The van der Waals surface area contributed by atoms with Crippen molar-refractivity contribution in [1.82, 2.24) is 9.62 Å². The van der Waals surface area contributed by atoms with E-state index in [9.17, 15) is 8.42 Å². The average molecular weight is 297 g/mol. The van der Waals surface area contributed by atoms with Gasteiger partial charge in [0.15, 0.2) is 0 Å². The first kappa shape index (κ1) is 14.9. The molecule has 0 spiro atoms. The SMILES string of the molecule is CCN(CC)CCNS(=O)(=O)c1ccc(Cl)s1. The number of hydrogen-bond acceptors (Lipinski definition) is 4. The van der Waals surface area contributed by atoms with Crippen LogP contribution in [0.15, 0.2) is 16.3 Å². The van der Waals surface area contributed by atoms with Crippen LogP contribution < -0.4 is 4.72 Å². The normalized spacial score (nSPS) is 12.2. The maximum absolute atomic E-state index is 11.8. The first-order valence-corrected chi connectivity index (χ1v) is 8.14. The van der Waals surface area contributed by atoms with E-state index in [4.69, 9.17) is 11.6 Å². The van der Waals surface area contributed by atoms with Crippen LogP contribution >= 0.6 is 22.9 Å². The Hall–Kier alpha value is -0.140. The van der Waals surface area contributed by atoms with Crippen molar-refractivity contribution in [3.05, 3.63) is 16.5 Å². The number of nitrogens with zero attached hydrogens (tertiary/aromatic N) is 1. The van der Waals surface area contributed by atoms with Crippen LogP contribution in [0.5, 0.6) is 0 Å². The second kappa shape index (κ2) is 6.70. The van der Waals surface area contributed by atoms with Gasteiger partial charge in [-0.25, -0.2) is 13.1 Å². The zero-order valence-corrected chi connectivity index (χ0v) is 12.3. The summed E-state index contributed by atoms with van der Waals surface area (Å²) in [5.41, 5.74) is 0. The fourth-order valence-electron chi connectivity index (χ4n) is 1.39. The number of likely N-dealkylation sites (N-methyl/N-ethyl adjacent to an activating group) is 1. The number of rotatable bonds is 7. The van der Waals surface area contributed by atoms with E-state index in [2.05, 4.69) is 23.5 Å². The summed E-state index contributed by atoms with van der Waals surface area (Å²) < 4.78 is 27.0. The molecule has 4 nitrogen and oxygen atoms in total. The number of hydrogen-bond donors (Lipinski definition) is 1. The number of thiophene rings is 1. The molecular weight excluding hydrogens is 280 g/mol. The van der Waals surface area contributed by atoms with E-state index < -0.39 is 10.0 Å². The van der Waals surface area contributed by atoms with E-state index in [1.807, 2.05) is 0 Å². The van der Waals surface area contributed by atoms with Gasteiger partial charge in [0.25, 0.3) is 0 Å². The van der Waals surface area contributed by atoms with Gasteiger partial charge in [-0.3, -0.25) is 0 Å². The highest BCUT2D eigenvalue weighted by Crippen LogP contribution is 2.25. The lowest BCUT2D eigenvalue weighted by Gasteiger charge is -2.17. The van der Waals surface area contributed by atoms with Crippen molar-refractivity contribution >= 4 is 33.0 Å². The Morgan fingerprint density at radius 3 is 2.47 bits per heavy atom. The predicted octanol–water partition coefficient (Wildman–Crippen LogP) is 2.02. The Morgan fingerprint density at radius 2 is 2.00 bits per heavy atom. The molecule has 1 N–H and O–H groups in total. The Morgan fingerprint density at radius 1 is 1.35 bits per heavy atom. The molecule has 0 saturated heterocycles. The first-order chi connectivity index (χ1) is 7.99. The van der Waals surface area contributed by atoms with Crippen LogP contribution in [0.25, 0.3) is 0 Å². The molecule has 0 bridgehead atoms. The van der Waals surface area contributed by atoms with E-state index in [0.29, 0.717) is 17.4 Å². The highest BCUT2D eigenvalue weighted by atomic mass is 35.5. The lowest BCUT2D eigenvalue weighted by molar-refractivity contribution is 0.309. The van der Waals surface area contributed by atoms with Crippen LogP contribution in [-0.4, -0.2) is 39.5 Å². The van der Waals surface area contributed by atoms with Crippen molar-refractivity contribution < 1.29 is 8.42 Å². The molecular formula is C10H17ClN2O2S2. The molecule has 1 aromatic heterocycles. The van der Waals surface area contributed by atoms with Gasteiger partial charge in [-0.1, -0.05) is 25.4 Å². The fourth-order valence-corrected chi connectivity index (χ4v) is 3.94. The van der Waals surface area contributed by atoms with E-state index in [0.717, 1.165) is 24.4 Å². The lowest BCUT2D eigenvalue weighted by Crippen LogP contribution is -2.34. The molecule has 1 aromatic rings. The minimum atomic E-state index is -3.39.